The Balaban J connectivity index is 2.36. The van der Waals surface area contributed by atoms with Gasteiger partial charge < -0.3 is 23.6 Å². The van der Waals surface area contributed by atoms with Crippen LogP contribution in [0.2, 0.25) is 36.3 Å². The van der Waals surface area contributed by atoms with Gasteiger partial charge in [0, 0.05) is 18.8 Å². The lowest BCUT2D eigenvalue weighted by molar-refractivity contribution is -0.143. The number of nitrogens with one attached hydrogen (secondary N) is 1. The Morgan fingerprint density at radius 2 is 1.61 bits per heavy atom. The summed E-state index contributed by atoms with van der Waals surface area (Å²) in [5.74, 6) is -1.69. The molecule has 3 rings (SSSR count). The Labute approximate surface area is 272 Å². The van der Waals surface area contributed by atoms with Gasteiger partial charge in [0.05, 0.1) is 24.8 Å². The van der Waals surface area contributed by atoms with Gasteiger partial charge in [-0.3, -0.25) is 23.5 Å². The van der Waals surface area contributed by atoms with E-state index < -0.39 is 85.4 Å². The van der Waals surface area contributed by atoms with E-state index in [1.54, 1.807) is 6.92 Å². The summed E-state index contributed by atoms with van der Waals surface area (Å²) in [5.41, 5.74) is -3.30. The van der Waals surface area contributed by atoms with Crippen LogP contribution in [0.4, 0.5) is 0 Å². The number of hydrogen-bond acceptors (Lipinski definition) is 11. The average molecular weight is 704 g/mol. The van der Waals surface area contributed by atoms with Crippen molar-refractivity contribution in [3.8, 4) is 0 Å². The normalized spacial score (nSPS) is 25.1. The number of aryl methyl sites for hydroxylation is 1. The maximum absolute atomic E-state index is 13.6. The first-order valence-electron chi connectivity index (χ1n) is 15.0. The van der Waals surface area contributed by atoms with E-state index in [9.17, 15) is 27.6 Å². The molecule has 46 heavy (non-hydrogen) atoms. The van der Waals surface area contributed by atoms with Crippen LogP contribution in [0.25, 0.3) is 0 Å². The van der Waals surface area contributed by atoms with E-state index in [1.165, 1.54) is 17.8 Å². The van der Waals surface area contributed by atoms with Gasteiger partial charge in [-0.15, -0.1) is 0 Å². The molecule has 17 heteroatoms. The first-order valence-corrected chi connectivity index (χ1v) is 22.3. The molecule has 2 aliphatic rings. The summed E-state index contributed by atoms with van der Waals surface area (Å²) in [6.45, 7) is 21.3. The molecule has 1 N–H and O–H groups in total. The molecule has 14 nitrogen and oxygen atoms in total. The quantitative estimate of drug-likeness (QED) is 0.174. The third-order valence-electron chi connectivity index (χ3n) is 9.59. The van der Waals surface area contributed by atoms with Crippen LogP contribution < -0.4 is 16.6 Å². The topological polar surface area (TPSA) is 170 Å². The highest BCUT2D eigenvalue weighted by molar-refractivity contribution is 7.90. The summed E-state index contributed by atoms with van der Waals surface area (Å²) < 4.78 is 59.4. The predicted molar refractivity (Wildman–Crippen MR) is 175 cm³/mol. The summed E-state index contributed by atoms with van der Waals surface area (Å²) >= 11 is 0. The van der Waals surface area contributed by atoms with E-state index in [-0.39, 0.29) is 22.9 Å². The Morgan fingerprint density at radius 3 is 2.13 bits per heavy atom. The van der Waals surface area contributed by atoms with Crippen LogP contribution in [0, 0.1) is 6.92 Å². The highest BCUT2D eigenvalue weighted by atomic mass is 32.2. The summed E-state index contributed by atoms with van der Waals surface area (Å²) in [4.78, 5) is 51.3. The molecule has 0 radical (unpaired) electrons. The number of rotatable bonds is 9. The van der Waals surface area contributed by atoms with Crippen LogP contribution in [-0.4, -0.2) is 77.6 Å². The molecule has 4 atom stereocenters. The lowest BCUT2D eigenvalue weighted by atomic mass is 9.89. The Bertz CT molecular complexity index is 1630. The highest BCUT2D eigenvalue weighted by Crippen LogP contribution is 2.52. The van der Waals surface area contributed by atoms with Crippen molar-refractivity contribution >= 4 is 38.6 Å². The first kappa shape index (κ1) is 38.0. The van der Waals surface area contributed by atoms with Crippen molar-refractivity contribution < 1.29 is 40.5 Å². The number of carbonyl (C=O) groups is 2. The zero-order valence-corrected chi connectivity index (χ0v) is 31.9. The molecule has 0 aromatic carbocycles. The molecule has 1 aromatic heterocycles. The summed E-state index contributed by atoms with van der Waals surface area (Å²) in [6, 6.07) is 0. The Kier molecular flexibility index (Phi) is 10.4. The van der Waals surface area contributed by atoms with E-state index in [4.69, 9.17) is 17.8 Å². The van der Waals surface area contributed by atoms with Gasteiger partial charge in [-0.1, -0.05) is 41.5 Å². The molecule has 3 heterocycles. The maximum Gasteiger partial charge on any atom is 0.332 e. The fourth-order valence-corrected chi connectivity index (χ4v) is 8.26. The van der Waals surface area contributed by atoms with Gasteiger partial charge in [-0.2, -0.15) is 8.42 Å². The first-order chi connectivity index (χ1) is 20.7. The zero-order valence-electron chi connectivity index (χ0n) is 29.1. The third-order valence-corrected chi connectivity index (χ3v) is 19.6. The van der Waals surface area contributed by atoms with Crippen molar-refractivity contribution in [3.05, 3.63) is 43.7 Å². The van der Waals surface area contributed by atoms with Crippen LogP contribution in [0.5, 0.6) is 0 Å². The van der Waals surface area contributed by atoms with Gasteiger partial charge in [-0.25, -0.2) is 8.98 Å². The number of carbonyl (C=O) groups excluding carboxylic acids is 2. The fraction of sp³-hybridized carbons (Fsp3) is 0.724. The van der Waals surface area contributed by atoms with Gasteiger partial charge in [-0.05, 0) is 43.2 Å². The molecule has 260 valence electrons. The van der Waals surface area contributed by atoms with Crippen molar-refractivity contribution in [2.75, 3.05) is 13.7 Å². The van der Waals surface area contributed by atoms with Crippen molar-refractivity contribution in [2.45, 2.75) is 115 Å². The minimum atomic E-state index is -4.47. The number of aromatic nitrogens is 2. The summed E-state index contributed by atoms with van der Waals surface area (Å²) in [5, 5.41) is 2.67. The van der Waals surface area contributed by atoms with Crippen molar-refractivity contribution in [1.29, 1.82) is 0 Å². The second kappa shape index (κ2) is 12.6. The number of esters is 1. The second-order valence-electron chi connectivity index (χ2n) is 15.0. The maximum atomic E-state index is 13.6. The van der Waals surface area contributed by atoms with E-state index in [0.717, 1.165) is 17.1 Å². The lowest BCUT2D eigenvalue weighted by Crippen LogP contribution is -2.60. The van der Waals surface area contributed by atoms with Crippen LogP contribution in [0.1, 0.15) is 59.8 Å². The van der Waals surface area contributed by atoms with E-state index in [1.807, 2.05) is 67.7 Å². The van der Waals surface area contributed by atoms with Crippen LogP contribution in [0.15, 0.2) is 26.9 Å². The van der Waals surface area contributed by atoms with Crippen LogP contribution >= 0.6 is 0 Å². The molecule has 1 aromatic rings. The minimum absolute atomic E-state index is 0.191. The summed E-state index contributed by atoms with van der Waals surface area (Å²) in [7, 11) is -7.35. The highest BCUT2D eigenvalue weighted by Gasteiger charge is 2.68. The lowest BCUT2D eigenvalue weighted by Gasteiger charge is -2.44. The summed E-state index contributed by atoms with van der Waals surface area (Å²) in [6.07, 6.45) is -3.28. The molecular weight excluding hydrogens is 655 g/mol. The second-order valence-corrected chi connectivity index (χ2v) is 25.9. The molecule has 1 fully saturated rings. The fourth-order valence-electron chi connectivity index (χ4n) is 4.73. The van der Waals surface area contributed by atoms with Crippen molar-refractivity contribution in [2.24, 2.45) is 7.05 Å². The third kappa shape index (κ3) is 7.19. The Morgan fingerprint density at radius 1 is 1.04 bits per heavy atom. The molecular formula is C29H49N3O11SSi2. The number of hydrogen-bond donors (Lipinski definition) is 1. The largest absolute Gasteiger partial charge is 0.469 e. The van der Waals surface area contributed by atoms with E-state index in [0.29, 0.717) is 0 Å². The number of methoxy groups -OCH3 is 1. The SMILES string of the molecule is COC(=O)CC(=O)NC1=CS(=O)(=O)OC12C(CO[Si](C)(C)C(C)(C)C)OC(n1cc(C)c(=O)n(C)c1=O)C2O[Si](C)(C)C(C)(C)C. The van der Waals surface area contributed by atoms with Gasteiger partial charge >= 0.3 is 11.7 Å². The zero-order chi connectivity index (χ0) is 35.4. The van der Waals surface area contributed by atoms with E-state index >= 15 is 0 Å². The average Bonchev–Trinajstić information content (AvgIpc) is 3.33. The molecule has 0 bridgehead atoms. The van der Waals surface area contributed by atoms with Gasteiger partial charge in [0.25, 0.3) is 15.7 Å². The van der Waals surface area contributed by atoms with Crippen molar-refractivity contribution in [3.63, 3.8) is 0 Å². The molecule has 0 aliphatic carbocycles. The van der Waals surface area contributed by atoms with Gasteiger partial charge in [0.2, 0.25) is 5.91 Å². The van der Waals surface area contributed by atoms with Crippen LogP contribution in [0.3, 0.4) is 0 Å². The molecule has 1 saturated heterocycles. The molecule has 0 saturated carbocycles. The van der Waals surface area contributed by atoms with Gasteiger partial charge in [0.1, 0.15) is 18.6 Å². The molecule has 1 spiro atoms. The standard InChI is InChI=1S/C29H49N3O11SSi2/c1-18-15-32(26(36)31(8)24(18)35)25-23(42-46(12,13)28(5,6)7)29(20(41-25)16-40-45(10,11)27(2,3)4)19(17-44(37,38)43-29)30-21(33)14-22(34)39-9/h15,17,20,23,25H,14,16H2,1-13H3,(H,30,33). The van der Waals surface area contributed by atoms with Crippen LogP contribution in [-0.2, 0) is 49.3 Å². The number of nitrogens with zero attached hydrogens (tertiary/aromatic N) is 2. The smallest absolute Gasteiger partial charge is 0.332 e. The molecule has 2 aliphatic heterocycles. The monoisotopic (exact) mass is 703 g/mol. The molecule has 1 amide bonds. The predicted octanol–water partition coefficient (Wildman–Crippen LogP) is 2.78. The minimum Gasteiger partial charge on any atom is -0.469 e. The number of amides is 1. The Hall–Kier alpha value is -2.42. The van der Waals surface area contributed by atoms with Gasteiger partial charge in [0.15, 0.2) is 28.5 Å². The molecule has 4 unspecified atom stereocenters. The van der Waals surface area contributed by atoms with Crippen molar-refractivity contribution in [1.82, 2.24) is 14.5 Å². The number of ether oxygens (including phenoxy) is 2. The van der Waals surface area contributed by atoms with E-state index in [2.05, 4.69) is 10.1 Å².